The van der Waals surface area contributed by atoms with E-state index in [1.54, 1.807) is 16.3 Å². The molecular formula is C16H19N3O4S. The number of hydrogen-bond donors (Lipinski definition) is 2. The quantitative estimate of drug-likeness (QED) is 0.874. The Labute approximate surface area is 143 Å². The molecule has 1 amide bonds. The number of aliphatic hydroxyl groups is 1. The zero-order valence-corrected chi connectivity index (χ0v) is 14.1. The standard InChI is InChI=1S/C16H19N3O4S/c1-19-7-10(6-17-19)13(9-4-11(20)5-9)18-16(21)15-14-12(8-24-15)22-2-3-23-14/h6-9,11,13,20H,2-5H2,1H3,(H,18,21)/t9?,11?,13-/m0/s1. The van der Waals surface area contributed by atoms with Crippen LogP contribution in [0.2, 0.25) is 0 Å². The highest BCUT2D eigenvalue weighted by atomic mass is 32.1. The summed E-state index contributed by atoms with van der Waals surface area (Å²) in [4.78, 5) is 13.3. The first-order valence-corrected chi connectivity index (χ1v) is 8.84. The van der Waals surface area contributed by atoms with Crippen LogP contribution in [0.15, 0.2) is 17.8 Å². The summed E-state index contributed by atoms with van der Waals surface area (Å²) < 4.78 is 12.8. The molecule has 1 aliphatic carbocycles. The first-order valence-electron chi connectivity index (χ1n) is 7.96. The average molecular weight is 349 g/mol. The van der Waals surface area contributed by atoms with Gasteiger partial charge in [0, 0.05) is 24.2 Å². The highest BCUT2D eigenvalue weighted by molar-refractivity contribution is 7.12. The summed E-state index contributed by atoms with van der Waals surface area (Å²) in [6, 6.07) is -0.170. The van der Waals surface area contributed by atoms with Crippen molar-refractivity contribution in [3.8, 4) is 11.5 Å². The van der Waals surface area contributed by atoms with Gasteiger partial charge in [-0.25, -0.2) is 0 Å². The minimum absolute atomic E-state index is 0.170. The summed E-state index contributed by atoms with van der Waals surface area (Å²) >= 11 is 1.32. The molecule has 24 heavy (non-hydrogen) atoms. The van der Waals surface area contributed by atoms with E-state index in [0.717, 1.165) is 5.56 Å². The van der Waals surface area contributed by atoms with Crippen molar-refractivity contribution in [3.05, 3.63) is 28.2 Å². The molecule has 1 fully saturated rings. The largest absolute Gasteiger partial charge is 0.485 e. The van der Waals surface area contributed by atoms with E-state index in [4.69, 9.17) is 9.47 Å². The second kappa shape index (κ2) is 6.10. The lowest BCUT2D eigenvalue weighted by Crippen LogP contribution is -2.41. The van der Waals surface area contributed by atoms with E-state index in [-0.39, 0.29) is 24.0 Å². The zero-order chi connectivity index (χ0) is 16.7. The second-order valence-corrected chi connectivity index (χ2v) is 7.12. The maximum absolute atomic E-state index is 12.8. The van der Waals surface area contributed by atoms with Crippen LogP contribution in [0.4, 0.5) is 0 Å². The summed E-state index contributed by atoms with van der Waals surface area (Å²) in [5, 5.41) is 18.7. The molecular weight excluding hydrogens is 330 g/mol. The summed E-state index contributed by atoms with van der Waals surface area (Å²) in [6.07, 6.45) is 4.75. The Balaban J connectivity index is 1.56. The van der Waals surface area contributed by atoms with Crippen LogP contribution in [0.1, 0.15) is 34.1 Å². The van der Waals surface area contributed by atoms with Gasteiger partial charge in [-0.15, -0.1) is 11.3 Å². The van der Waals surface area contributed by atoms with Crippen molar-refractivity contribution < 1.29 is 19.4 Å². The molecule has 4 rings (SSSR count). The third-order valence-electron chi connectivity index (χ3n) is 4.50. The molecule has 0 saturated heterocycles. The molecule has 128 valence electrons. The number of fused-ring (bicyclic) bond motifs is 1. The number of nitrogens with zero attached hydrogens (tertiary/aromatic N) is 2. The van der Waals surface area contributed by atoms with E-state index in [0.29, 0.717) is 42.4 Å². The lowest BCUT2D eigenvalue weighted by Gasteiger charge is -2.37. The van der Waals surface area contributed by atoms with Gasteiger partial charge in [-0.3, -0.25) is 9.48 Å². The van der Waals surface area contributed by atoms with Gasteiger partial charge in [0.05, 0.1) is 18.3 Å². The van der Waals surface area contributed by atoms with Crippen molar-refractivity contribution in [2.45, 2.75) is 25.0 Å². The molecule has 2 aromatic heterocycles. The molecule has 7 nitrogen and oxygen atoms in total. The van der Waals surface area contributed by atoms with Crippen molar-refractivity contribution in [1.82, 2.24) is 15.1 Å². The van der Waals surface area contributed by atoms with Gasteiger partial charge in [0.15, 0.2) is 11.5 Å². The Bertz CT molecular complexity index is 750. The van der Waals surface area contributed by atoms with Crippen molar-refractivity contribution in [3.63, 3.8) is 0 Å². The number of aryl methyl sites for hydroxylation is 1. The smallest absolute Gasteiger partial charge is 0.265 e. The molecule has 8 heteroatoms. The Morgan fingerprint density at radius 1 is 1.46 bits per heavy atom. The molecule has 2 N–H and O–H groups in total. The van der Waals surface area contributed by atoms with Gasteiger partial charge in [-0.2, -0.15) is 5.10 Å². The number of amides is 1. The highest BCUT2D eigenvalue weighted by Crippen LogP contribution is 2.41. The number of hydrogen-bond acceptors (Lipinski definition) is 6. The SMILES string of the molecule is Cn1cc([C@@H](NC(=O)c2scc3c2OCCO3)C2CC(O)C2)cn1. The zero-order valence-electron chi connectivity index (χ0n) is 13.3. The predicted octanol–water partition coefficient (Wildman–Crippen LogP) is 1.49. The number of nitrogens with one attached hydrogen (secondary N) is 1. The van der Waals surface area contributed by atoms with Crippen molar-refractivity contribution in [1.29, 1.82) is 0 Å². The number of rotatable bonds is 4. The first kappa shape index (κ1) is 15.5. The summed E-state index contributed by atoms with van der Waals surface area (Å²) in [7, 11) is 1.85. The van der Waals surface area contributed by atoms with Gasteiger partial charge in [0.25, 0.3) is 5.91 Å². The van der Waals surface area contributed by atoms with Gasteiger partial charge in [0.2, 0.25) is 0 Å². The van der Waals surface area contributed by atoms with E-state index in [1.165, 1.54) is 11.3 Å². The molecule has 3 heterocycles. The molecule has 1 atom stereocenters. The molecule has 0 bridgehead atoms. The van der Waals surface area contributed by atoms with Gasteiger partial charge in [-0.05, 0) is 18.8 Å². The summed E-state index contributed by atoms with van der Waals surface area (Å²) in [5.41, 5.74) is 0.949. The van der Waals surface area contributed by atoms with Crippen LogP contribution >= 0.6 is 11.3 Å². The molecule has 0 spiro atoms. The maximum atomic E-state index is 12.8. The lowest BCUT2D eigenvalue weighted by atomic mass is 9.75. The van der Waals surface area contributed by atoms with Gasteiger partial charge >= 0.3 is 0 Å². The third kappa shape index (κ3) is 2.76. The minimum Gasteiger partial charge on any atom is -0.485 e. The fraction of sp³-hybridized carbons (Fsp3) is 0.500. The molecule has 2 aliphatic rings. The second-order valence-electron chi connectivity index (χ2n) is 6.24. The Hall–Kier alpha value is -2.06. The van der Waals surface area contributed by atoms with Crippen LogP contribution in [0.25, 0.3) is 0 Å². The number of carbonyl (C=O) groups excluding carboxylic acids is 1. The highest BCUT2D eigenvalue weighted by Gasteiger charge is 2.37. The van der Waals surface area contributed by atoms with Crippen molar-refractivity contribution in [2.24, 2.45) is 13.0 Å². The topological polar surface area (TPSA) is 85.6 Å². The predicted molar refractivity (Wildman–Crippen MR) is 87.5 cm³/mol. The average Bonchev–Trinajstić information content (AvgIpc) is 3.16. The van der Waals surface area contributed by atoms with E-state index in [2.05, 4.69) is 10.4 Å². The van der Waals surface area contributed by atoms with E-state index in [9.17, 15) is 9.90 Å². The van der Waals surface area contributed by atoms with Gasteiger partial charge in [0.1, 0.15) is 18.1 Å². The Kier molecular flexibility index (Phi) is 3.93. The van der Waals surface area contributed by atoms with Crippen LogP contribution in [0, 0.1) is 5.92 Å². The fourth-order valence-corrected chi connectivity index (χ4v) is 4.04. The van der Waals surface area contributed by atoms with E-state index < -0.39 is 0 Å². The van der Waals surface area contributed by atoms with Gasteiger partial charge in [-0.1, -0.05) is 0 Å². The van der Waals surface area contributed by atoms with Crippen LogP contribution in [0.5, 0.6) is 11.5 Å². The molecule has 0 aromatic carbocycles. The monoisotopic (exact) mass is 349 g/mol. The number of ether oxygens (including phenoxy) is 2. The van der Waals surface area contributed by atoms with Crippen LogP contribution in [0.3, 0.4) is 0 Å². The summed E-state index contributed by atoms with van der Waals surface area (Å²) in [6.45, 7) is 0.952. The van der Waals surface area contributed by atoms with E-state index in [1.807, 2.05) is 13.2 Å². The molecule has 1 aliphatic heterocycles. The Morgan fingerprint density at radius 3 is 2.96 bits per heavy atom. The lowest BCUT2D eigenvalue weighted by molar-refractivity contribution is 0.0235. The van der Waals surface area contributed by atoms with Gasteiger partial charge < -0.3 is 19.9 Å². The van der Waals surface area contributed by atoms with Crippen molar-refractivity contribution in [2.75, 3.05) is 13.2 Å². The third-order valence-corrected chi connectivity index (χ3v) is 5.44. The normalized spacial score (nSPS) is 23.4. The number of thiophene rings is 1. The minimum atomic E-state index is -0.280. The van der Waals surface area contributed by atoms with Crippen LogP contribution in [-0.4, -0.2) is 40.1 Å². The molecule has 2 aromatic rings. The first-order chi connectivity index (χ1) is 11.6. The fourth-order valence-electron chi connectivity index (χ4n) is 3.20. The van der Waals surface area contributed by atoms with Crippen LogP contribution < -0.4 is 14.8 Å². The van der Waals surface area contributed by atoms with Crippen molar-refractivity contribution >= 4 is 17.2 Å². The molecule has 1 saturated carbocycles. The summed E-state index contributed by atoms with van der Waals surface area (Å²) in [5.74, 6) is 1.19. The number of aliphatic hydroxyl groups excluding tert-OH is 1. The molecule has 0 radical (unpaired) electrons. The van der Waals surface area contributed by atoms with E-state index >= 15 is 0 Å². The molecule has 0 unspecified atom stereocenters. The Morgan fingerprint density at radius 2 is 2.25 bits per heavy atom. The van der Waals surface area contributed by atoms with Crippen LogP contribution in [-0.2, 0) is 7.05 Å². The number of aromatic nitrogens is 2. The number of carbonyl (C=O) groups is 1. The maximum Gasteiger partial charge on any atom is 0.265 e.